The Labute approximate surface area is 76.3 Å². The minimum atomic E-state index is -0.266. The van der Waals surface area contributed by atoms with E-state index in [1.54, 1.807) is 6.07 Å². The number of carbonyl (C=O) groups excluding carboxylic acids is 1. The quantitative estimate of drug-likeness (QED) is 0.577. The zero-order valence-corrected chi connectivity index (χ0v) is 8.23. The average Bonchev–Trinajstić information content (AvgIpc) is 2.13. The Kier molecular flexibility index (Phi) is 2.67. The predicted octanol–water partition coefficient (Wildman–Crippen LogP) is 2.28. The minimum absolute atomic E-state index is 0.266. The molecule has 0 fully saturated rings. The highest BCUT2D eigenvalue weighted by Gasteiger charge is 1.99. The molecule has 10 heavy (non-hydrogen) atoms. The highest BCUT2D eigenvalue weighted by Crippen LogP contribution is 2.25. The van der Waals surface area contributed by atoms with Crippen LogP contribution in [0.4, 0.5) is 0 Å². The first-order valence-electron chi connectivity index (χ1n) is 2.62. The van der Waals surface area contributed by atoms with Crippen LogP contribution >= 0.6 is 33.9 Å². The Morgan fingerprint density at radius 2 is 2.40 bits per heavy atom. The summed E-state index contributed by atoms with van der Waals surface area (Å²) in [7, 11) is 0. The lowest BCUT2D eigenvalue weighted by atomic mass is 10.6. The van der Waals surface area contributed by atoms with E-state index in [1.165, 1.54) is 18.3 Å². The molecule has 1 heterocycles. The van der Waals surface area contributed by atoms with Gasteiger partial charge in [-0.2, -0.15) is 0 Å². The molecule has 0 N–H and O–H groups in total. The molecule has 0 aliphatic rings. The Balaban J connectivity index is 2.67. The number of rotatable bonds is 1. The van der Waals surface area contributed by atoms with Crippen molar-refractivity contribution in [3.8, 4) is 5.06 Å². The van der Waals surface area contributed by atoms with Gasteiger partial charge in [-0.25, -0.2) is 0 Å². The third-order valence-electron chi connectivity index (χ3n) is 0.793. The zero-order chi connectivity index (χ0) is 7.56. The lowest BCUT2D eigenvalue weighted by molar-refractivity contribution is -0.131. The number of hydrogen-bond acceptors (Lipinski definition) is 3. The fraction of sp³-hybridized carbons (Fsp3) is 0.167. The molecule has 0 bridgehead atoms. The molecule has 0 atom stereocenters. The van der Waals surface area contributed by atoms with E-state index >= 15 is 0 Å². The lowest BCUT2D eigenvalue weighted by Crippen LogP contribution is -1.98. The van der Waals surface area contributed by atoms with Gasteiger partial charge in [-0.1, -0.05) is 11.3 Å². The Bertz CT molecular complexity index is 244. The fourth-order valence-electron chi connectivity index (χ4n) is 0.494. The molecule has 2 nitrogen and oxygen atoms in total. The molecule has 1 aromatic heterocycles. The summed E-state index contributed by atoms with van der Waals surface area (Å²) < 4.78 is 5.93. The van der Waals surface area contributed by atoms with Crippen molar-refractivity contribution in [3.63, 3.8) is 0 Å². The second-order valence-corrected chi connectivity index (χ2v) is 4.59. The zero-order valence-electron chi connectivity index (χ0n) is 5.26. The van der Waals surface area contributed by atoms with Crippen molar-refractivity contribution in [3.05, 3.63) is 15.0 Å². The van der Waals surface area contributed by atoms with Crippen molar-refractivity contribution < 1.29 is 9.53 Å². The van der Waals surface area contributed by atoms with Gasteiger partial charge in [-0.15, -0.1) is 0 Å². The highest BCUT2D eigenvalue weighted by molar-refractivity contribution is 14.1. The smallest absolute Gasteiger partial charge is 0.308 e. The molecular formula is C6H5IO2S. The van der Waals surface area contributed by atoms with Crippen LogP contribution in [0, 0.1) is 2.88 Å². The van der Waals surface area contributed by atoms with Crippen LogP contribution in [0.1, 0.15) is 6.92 Å². The van der Waals surface area contributed by atoms with E-state index in [1.807, 2.05) is 6.07 Å². The van der Waals surface area contributed by atoms with Crippen LogP contribution in [0.5, 0.6) is 5.06 Å². The van der Waals surface area contributed by atoms with Crippen LogP contribution in [-0.2, 0) is 4.79 Å². The third kappa shape index (κ3) is 2.26. The van der Waals surface area contributed by atoms with Gasteiger partial charge in [0.1, 0.15) is 0 Å². The monoisotopic (exact) mass is 268 g/mol. The van der Waals surface area contributed by atoms with Crippen LogP contribution in [0.3, 0.4) is 0 Å². The summed E-state index contributed by atoms with van der Waals surface area (Å²) in [6.45, 7) is 1.40. The van der Waals surface area contributed by atoms with Gasteiger partial charge in [-0.3, -0.25) is 4.79 Å². The summed E-state index contributed by atoms with van der Waals surface area (Å²) in [5.41, 5.74) is 0. The molecule has 0 unspecified atom stereocenters. The Morgan fingerprint density at radius 3 is 2.80 bits per heavy atom. The van der Waals surface area contributed by atoms with Crippen LogP contribution in [0.25, 0.3) is 0 Å². The molecule has 1 rings (SSSR count). The van der Waals surface area contributed by atoms with Gasteiger partial charge in [0.05, 0.1) is 2.88 Å². The molecule has 0 saturated carbocycles. The third-order valence-corrected chi connectivity index (χ3v) is 2.56. The van der Waals surface area contributed by atoms with E-state index in [2.05, 4.69) is 22.6 Å². The molecule has 0 amide bonds. The van der Waals surface area contributed by atoms with Gasteiger partial charge < -0.3 is 4.74 Å². The summed E-state index contributed by atoms with van der Waals surface area (Å²) in [6, 6.07) is 3.69. The number of thiophene rings is 1. The van der Waals surface area contributed by atoms with E-state index in [0.717, 1.165) is 2.88 Å². The average molecular weight is 268 g/mol. The molecule has 0 spiro atoms. The largest absolute Gasteiger partial charge is 0.416 e. The van der Waals surface area contributed by atoms with E-state index < -0.39 is 0 Å². The van der Waals surface area contributed by atoms with Gasteiger partial charge in [0.2, 0.25) is 0 Å². The van der Waals surface area contributed by atoms with Crippen LogP contribution in [-0.4, -0.2) is 5.97 Å². The molecule has 0 saturated heterocycles. The topological polar surface area (TPSA) is 26.3 Å². The molecule has 0 radical (unpaired) electrons. The van der Waals surface area contributed by atoms with E-state index in [0.29, 0.717) is 5.06 Å². The first-order valence-corrected chi connectivity index (χ1v) is 4.52. The maximum Gasteiger partial charge on any atom is 0.308 e. The SMILES string of the molecule is CC(=O)Oc1ccc(I)s1. The molecule has 0 aromatic carbocycles. The van der Waals surface area contributed by atoms with Gasteiger partial charge in [-0.05, 0) is 34.7 Å². The molecule has 1 aromatic rings. The second-order valence-electron chi connectivity index (χ2n) is 1.65. The van der Waals surface area contributed by atoms with Gasteiger partial charge in [0.25, 0.3) is 0 Å². The van der Waals surface area contributed by atoms with E-state index in [9.17, 15) is 4.79 Å². The van der Waals surface area contributed by atoms with Crippen molar-refractivity contribution in [1.29, 1.82) is 0 Å². The normalized spacial score (nSPS) is 9.40. The first-order chi connectivity index (χ1) is 4.68. The van der Waals surface area contributed by atoms with Crippen molar-refractivity contribution in [2.75, 3.05) is 0 Å². The summed E-state index contributed by atoms with van der Waals surface area (Å²) in [4.78, 5) is 10.4. The maximum atomic E-state index is 10.4. The van der Waals surface area contributed by atoms with Crippen molar-refractivity contribution in [2.45, 2.75) is 6.92 Å². The second kappa shape index (κ2) is 3.34. The van der Waals surface area contributed by atoms with Crippen LogP contribution in [0.15, 0.2) is 12.1 Å². The molecule has 54 valence electrons. The van der Waals surface area contributed by atoms with Crippen molar-refractivity contribution in [2.24, 2.45) is 0 Å². The number of esters is 1. The first kappa shape index (κ1) is 8.00. The minimum Gasteiger partial charge on any atom is -0.416 e. The van der Waals surface area contributed by atoms with Crippen LogP contribution < -0.4 is 4.74 Å². The van der Waals surface area contributed by atoms with Gasteiger partial charge >= 0.3 is 5.97 Å². The molecule has 0 aliphatic heterocycles. The molecule has 4 heteroatoms. The molecule has 0 aliphatic carbocycles. The summed E-state index contributed by atoms with van der Waals surface area (Å²) >= 11 is 3.63. The summed E-state index contributed by atoms with van der Waals surface area (Å²) in [5, 5.41) is 0.664. The number of halogens is 1. The Hall–Kier alpha value is -0.100. The fourth-order valence-corrected chi connectivity index (χ4v) is 1.95. The van der Waals surface area contributed by atoms with Crippen LogP contribution in [0.2, 0.25) is 0 Å². The van der Waals surface area contributed by atoms with Gasteiger partial charge in [0.15, 0.2) is 5.06 Å². The summed E-state index contributed by atoms with van der Waals surface area (Å²) in [6.07, 6.45) is 0. The lowest BCUT2D eigenvalue weighted by Gasteiger charge is -1.92. The highest BCUT2D eigenvalue weighted by atomic mass is 127. The van der Waals surface area contributed by atoms with Crippen molar-refractivity contribution >= 4 is 39.9 Å². The maximum absolute atomic E-state index is 10.4. The van der Waals surface area contributed by atoms with E-state index in [-0.39, 0.29) is 5.97 Å². The standard InChI is InChI=1S/C6H5IO2S/c1-4(8)9-6-3-2-5(7)10-6/h2-3H,1H3. The predicted molar refractivity (Wildman–Crippen MR) is 48.3 cm³/mol. The number of hydrogen-bond donors (Lipinski definition) is 0. The summed E-state index contributed by atoms with van der Waals surface area (Å²) in [5.74, 6) is -0.266. The van der Waals surface area contributed by atoms with Crippen molar-refractivity contribution in [1.82, 2.24) is 0 Å². The van der Waals surface area contributed by atoms with Gasteiger partial charge in [0, 0.05) is 6.92 Å². The Morgan fingerprint density at radius 1 is 1.70 bits per heavy atom. The number of carbonyl (C=O) groups is 1. The number of ether oxygens (including phenoxy) is 1. The van der Waals surface area contributed by atoms with E-state index in [4.69, 9.17) is 4.74 Å². The molecular weight excluding hydrogens is 263 g/mol.